The van der Waals surface area contributed by atoms with Crippen molar-refractivity contribution in [2.24, 2.45) is 0 Å². The summed E-state index contributed by atoms with van der Waals surface area (Å²) >= 11 is 0. The number of hydrogen-bond acceptors (Lipinski definition) is 6. The van der Waals surface area contributed by atoms with Crippen LogP contribution in [0.2, 0.25) is 0 Å². The van der Waals surface area contributed by atoms with Crippen molar-refractivity contribution in [2.45, 2.75) is 57.8 Å². The van der Waals surface area contributed by atoms with Gasteiger partial charge in [-0.3, -0.25) is 19.3 Å². The first kappa shape index (κ1) is 25.1. The van der Waals surface area contributed by atoms with E-state index in [4.69, 9.17) is 14.2 Å². The molecule has 1 spiro atoms. The molecule has 0 radical (unpaired) electrons. The number of aryl methyl sites for hydroxylation is 1. The van der Waals surface area contributed by atoms with E-state index in [0.717, 1.165) is 12.0 Å². The van der Waals surface area contributed by atoms with Gasteiger partial charge in [0.05, 0.1) is 6.61 Å². The molecule has 37 heavy (non-hydrogen) atoms. The Morgan fingerprint density at radius 1 is 1.00 bits per heavy atom. The SMILES string of the molecule is CC[C@H](C)NC(=O)[C@H]1COC2(CCN(C(=O)c3ccc4c(c3)OCO4)CC2)N1C(=O)c1ccc(C)cc1. The number of likely N-dealkylation sites (tertiary alicyclic amines) is 1. The molecule has 0 aliphatic carbocycles. The Balaban J connectivity index is 1.36. The molecule has 0 aromatic heterocycles. The zero-order chi connectivity index (χ0) is 26.2. The Morgan fingerprint density at radius 3 is 2.38 bits per heavy atom. The first-order chi connectivity index (χ1) is 17.8. The average Bonchev–Trinajstić information content (AvgIpc) is 3.53. The smallest absolute Gasteiger partial charge is 0.256 e. The summed E-state index contributed by atoms with van der Waals surface area (Å²) in [5.74, 6) is 0.612. The normalized spacial score (nSPS) is 20.7. The van der Waals surface area contributed by atoms with Crippen LogP contribution in [0.1, 0.15) is 59.4 Å². The number of carbonyl (C=O) groups is 3. The monoisotopic (exact) mass is 507 g/mol. The second-order valence-electron chi connectivity index (χ2n) is 9.99. The van der Waals surface area contributed by atoms with Crippen LogP contribution in [0.25, 0.3) is 0 Å². The lowest BCUT2D eigenvalue weighted by atomic mass is 9.95. The standard InChI is InChI=1S/C28H33N3O6/c1-4-19(3)29-25(32)22-16-37-28(31(22)27(34)20-7-5-18(2)6-8-20)11-13-30(14-12-28)26(33)21-9-10-23-24(15-21)36-17-35-23/h5-10,15,19,22H,4,11-14,16-17H2,1-3H3,(H,29,32)/t19-,22+/m0/s1. The molecule has 3 amide bonds. The van der Waals surface area contributed by atoms with Crippen molar-refractivity contribution in [3.63, 3.8) is 0 Å². The second-order valence-corrected chi connectivity index (χ2v) is 9.99. The third kappa shape index (κ3) is 4.75. The lowest BCUT2D eigenvalue weighted by molar-refractivity contribution is -0.128. The van der Waals surface area contributed by atoms with Gasteiger partial charge in [-0.15, -0.1) is 0 Å². The van der Waals surface area contributed by atoms with Crippen molar-refractivity contribution in [2.75, 3.05) is 26.5 Å². The van der Waals surface area contributed by atoms with E-state index >= 15 is 0 Å². The summed E-state index contributed by atoms with van der Waals surface area (Å²) in [4.78, 5) is 43.6. The quantitative estimate of drug-likeness (QED) is 0.668. The van der Waals surface area contributed by atoms with Gasteiger partial charge < -0.3 is 24.4 Å². The summed E-state index contributed by atoms with van der Waals surface area (Å²) in [5, 5.41) is 3.01. The molecule has 196 valence electrons. The molecule has 0 unspecified atom stereocenters. The average molecular weight is 508 g/mol. The van der Waals surface area contributed by atoms with E-state index in [-0.39, 0.29) is 37.2 Å². The van der Waals surface area contributed by atoms with E-state index in [9.17, 15) is 14.4 Å². The van der Waals surface area contributed by atoms with E-state index in [0.29, 0.717) is 48.6 Å². The maximum absolute atomic E-state index is 13.8. The van der Waals surface area contributed by atoms with Gasteiger partial charge in [0, 0.05) is 43.1 Å². The fourth-order valence-electron chi connectivity index (χ4n) is 5.11. The molecular weight excluding hydrogens is 474 g/mol. The lowest BCUT2D eigenvalue weighted by Crippen LogP contribution is -2.60. The van der Waals surface area contributed by atoms with Gasteiger partial charge in [-0.25, -0.2) is 0 Å². The first-order valence-electron chi connectivity index (χ1n) is 12.8. The van der Waals surface area contributed by atoms with Crippen molar-refractivity contribution in [1.82, 2.24) is 15.1 Å². The molecule has 2 saturated heterocycles. The highest BCUT2D eigenvalue weighted by Gasteiger charge is 2.54. The maximum Gasteiger partial charge on any atom is 0.256 e. The molecule has 2 atom stereocenters. The van der Waals surface area contributed by atoms with E-state index in [1.165, 1.54) is 0 Å². The van der Waals surface area contributed by atoms with Gasteiger partial charge in [0.25, 0.3) is 11.8 Å². The van der Waals surface area contributed by atoms with Gasteiger partial charge >= 0.3 is 0 Å². The minimum atomic E-state index is -0.953. The second kappa shape index (κ2) is 10.0. The number of benzene rings is 2. The molecular formula is C28H33N3O6. The van der Waals surface area contributed by atoms with Gasteiger partial charge in [-0.2, -0.15) is 0 Å². The summed E-state index contributed by atoms with van der Waals surface area (Å²) in [7, 11) is 0. The summed E-state index contributed by atoms with van der Waals surface area (Å²) in [6.07, 6.45) is 1.61. The number of fused-ring (bicyclic) bond motifs is 1. The van der Waals surface area contributed by atoms with E-state index in [2.05, 4.69) is 5.32 Å². The number of hydrogen-bond donors (Lipinski definition) is 1. The number of piperidine rings is 1. The summed E-state index contributed by atoms with van der Waals surface area (Å²) < 4.78 is 17.0. The maximum atomic E-state index is 13.8. The van der Waals surface area contributed by atoms with Crippen molar-refractivity contribution >= 4 is 17.7 Å². The molecule has 5 rings (SSSR count). The molecule has 9 nitrogen and oxygen atoms in total. The fourth-order valence-corrected chi connectivity index (χ4v) is 5.11. The molecule has 1 N–H and O–H groups in total. The van der Waals surface area contributed by atoms with Crippen LogP contribution in [0.5, 0.6) is 11.5 Å². The van der Waals surface area contributed by atoms with Crippen molar-refractivity contribution in [3.8, 4) is 11.5 Å². The number of ether oxygens (including phenoxy) is 3. The molecule has 9 heteroatoms. The van der Waals surface area contributed by atoms with Gasteiger partial charge in [0.15, 0.2) is 11.5 Å². The van der Waals surface area contributed by atoms with Gasteiger partial charge in [-0.1, -0.05) is 24.6 Å². The summed E-state index contributed by atoms with van der Waals surface area (Å²) in [5.41, 5.74) is 1.12. The van der Waals surface area contributed by atoms with Crippen LogP contribution in [-0.4, -0.2) is 71.8 Å². The highest BCUT2D eigenvalue weighted by molar-refractivity contribution is 5.99. The molecule has 3 heterocycles. The Labute approximate surface area is 216 Å². The topological polar surface area (TPSA) is 97.4 Å². The molecule has 0 saturated carbocycles. The number of nitrogens with zero attached hydrogens (tertiary/aromatic N) is 2. The number of carbonyl (C=O) groups excluding carboxylic acids is 3. The third-order valence-electron chi connectivity index (χ3n) is 7.53. The Hall–Kier alpha value is -3.59. The Kier molecular flexibility index (Phi) is 6.81. The Morgan fingerprint density at radius 2 is 1.68 bits per heavy atom. The van der Waals surface area contributed by atoms with Crippen molar-refractivity contribution in [1.29, 1.82) is 0 Å². The van der Waals surface area contributed by atoms with Crippen molar-refractivity contribution < 1.29 is 28.6 Å². The molecule has 3 aliphatic heterocycles. The van der Waals surface area contributed by atoms with Crippen LogP contribution in [-0.2, 0) is 9.53 Å². The highest BCUT2D eigenvalue weighted by Crippen LogP contribution is 2.39. The first-order valence-corrected chi connectivity index (χ1v) is 12.8. The van der Waals surface area contributed by atoms with Gasteiger partial charge in [0.1, 0.15) is 11.8 Å². The van der Waals surface area contributed by atoms with Crippen LogP contribution in [0.15, 0.2) is 42.5 Å². The van der Waals surface area contributed by atoms with Crippen LogP contribution in [0.3, 0.4) is 0 Å². The fraction of sp³-hybridized carbons (Fsp3) is 0.464. The number of rotatable bonds is 5. The minimum Gasteiger partial charge on any atom is -0.454 e. The lowest BCUT2D eigenvalue weighted by Gasteiger charge is -2.44. The van der Waals surface area contributed by atoms with Gasteiger partial charge in [0.2, 0.25) is 12.7 Å². The van der Waals surface area contributed by atoms with E-state index < -0.39 is 11.8 Å². The molecule has 2 aromatic carbocycles. The summed E-state index contributed by atoms with van der Waals surface area (Å²) in [6.45, 7) is 6.96. The Bertz CT molecular complexity index is 1190. The molecule has 2 fully saturated rings. The number of amides is 3. The van der Waals surface area contributed by atoms with Crippen molar-refractivity contribution in [3.05, 3.63) is 59.2 Å². The zero-order valence-corrected chi connectivity index (χ0v) is 21.5. The zero-order valence-electron chi connectivity index (χ0n) is 21.5. The third-order valence-corrected chi connectivity index (χ3v) is 7.53. The van der Waals surface area contributed by atoms with Crippen LogP contribution < -0.4 is 14.8 Å². The molecule has 0 bridgehead atoms. The van der Waals surface area contributed by atoms with Crippen LogP contribution in [0, 0.1) is 6.92 Å². The predicted octanol–water partition coefficient (Wildman–Crippen LogP) is 3.11. The predicted molar refractivity (Wildman–Crippen MR) is 135 cm³/mol. The summed E-state index contributed by atoms with van der Waals surface area (Å²) in [6, 6.07) is 11.8. The van der Waals surface area contributed by atoms with Crippen LogP contribution in [0.4, 0.5) is 0 Å². The number of nitrogens with one attached hydrogen (secondary N) is 1. The highest BCUT2D eigenvalue weighted by atomic mass is 16.7. The molecule has 2 aromatic rings. The largest absolute Gasteiger partial charge is 0.454 e. The van der Waals surface area contributed by atoms with Crippen LogP contribution >= 0.6 is 0 Å². The minimum absolute atomic E-state index is 0.0125. The molecule has 3 aliphatic rings. The van der Waals surface area contributed by atoms with E-state index in [1.807, 2.05) is 32.9 Å². The van der Waals surface area contributed by atoms with E-state index in [1.54, 1.807) is 40.1 Å². The van der Waals surface area contributed by atoms with Gasteiger partial charge in [-0.05, 0) is 50.6 Å².